The summed E-state index contributed by atoms with van der Waals surface area (Å²) in [5.41, 5.74) is 11.9. The van der Waals surface area contributed by atoms with E-state index in [-0.39, 0.29) is 0 Å². The third-order valence-electron chi connectivity index (χ3n) is 10.1. The first-order valence-corrected chi connectivity index (χ1v) is 18.7. The average Bonchev–Trinajstić information content (AvgIpc) is 3.62. The maximum atomic E-state index is 5.26. The van der Waals surface area contributed by atoms with Gasteiger partial charge >= 0.3 is 0 Å². The van der Waals surface area contributed by atoms with E-state index in [0.717, 1.165) is 39.2 Å². The summed E-state index contributed by atoms with van der Waals surface area (Å²) in [5, 5.41) is 5.07. The molecule has 0 atom stereocenters. The van der Waals surface area contributed by atoms with Crippen molar-refractivity contribution >= 4 is 42.3 Å². The van der Waals surface area contributed by atoms with E-state index in [9.17, 15) is 0 Å². The number of benzene rings is 8. The van der Waals surface area contributed by atoms with Gasteiger partial charge in [0.1, 0.15) is 0 Å². The third kappa shape index (κ3) is 5.78. The first-order valence-electron chi connectivity index (χ1n) is 17.9. The second-order valence-corrected chi connectivity index (χ2v) is 14.5. The van der Waals surface area contributed by atoms with Gasteiger partial charge in [0.05, 0.1) is 11.4 Å². The molecule has 248 valence electrons. The summed E-state index contributed by atoms with van der Waals surface area (Å²) in [6, 6.07) is 69.4. The van der Waals surface area contributed by atoms with Crippen molar-refractivity contribution in [1.29, 1.82) is 0 Å². The number of aromatic nitrogens is 2. The molecule has 0 aliphatic rings. The predicted octanol–water partition coefficient (Wildman–Crippen LogP) is 14.0. The molecule has 0 aliphatic carbocycles. The van der Waals surface area contributed by atoms with Crippen LogP contribution >= 0.6 is 11.3 Å². The molecule has 10 rings (SSSR count). The summed E-state index contributed by atoms with van der Waals surface area (Å²) >= 11 is 1.85. The first-order chi connectivity index (χ1) is 26.2. The lowest BCUT2D eigenvalue weighted by Gasteiger charge is -2.16. The van der Waals surface area contributed by atoms with Crippen LogP contribution in [0.4, 0.5) is 0 Å². The molecule has 8 aromatic carbocycles. The topological polar surface area (TPSA) is 25.8 Å². The standard InChI is InChI=1S/C50H32N2S/c1-3-15-34(16-4-1)46-32-47(52-50(51-46)35-17-5-2-6-18-35)39-29-37(36-26-27-45-44-23-11-12-25-48(44)53-49(45)31-36)28-38(30-39)41-21-9-10-22-42(41)43-24-13-19-33-14-7-8-20-40(33)43/h1-32H. The smallest absolute Gasteiger partial charge is 0.160 e. The minimum absolute atomic E-state index is 0.705. The Balaban J connectivity index is 1.22. The van der Waals surface area contributed by atoms with Crippen molar-refractivity contribution in [1.82, 2.24) is 9.97 Å². The van der Waals surface area contributed by atoms with Gasteiger partial charge in [-0.15, -0.1) is 11.3 Å². The average molecular weight is 693 g/mol. The van der Waals surface area contributed by atoms with Gasteiger partial charge < -0.3 is 0 Å². The lowest BCUT2D eigenvalue weighted by atomic mass is 9.88. The molecule has 10 aromatic rings. The normalized spacial score (nSPS) is 11.4. The van der Waals surface area contributed by atoms with Gasteiger partial charge in [0.25, 0.3) is 0 Å². The van der Waals surface area contributed by atoms with Crippen LogP contribution in [0.25, 0.3) is 98.2 Å². The highest BCUT2D eigenvalue weighted by Crippen LogP contribution is 2.42. The van der Waals surface area contributed by atoms with Gasteiger partial charge in [-0.25, -0.2) is 9.97 Å². The predicted molar refractivity (Wildman–Crippen MR) is 225 cm³/mol. The molecular formula is C50H32N2S. The first kappa shape index (κ1) is 31.1. The minimum Gasteiger partial charge on any atom is -0.228 e. The van der Waals surface area contributed by atoms with Crippen LogP contribution < -0.4 is 0 Å². The summed E-state index contributed by atoms with van der Waals surface area (Å²) < 4.78 is 2.59. The Morgan fingerprint density at radius 3 is 1.72 bits per heavy atom. The maximum absolute atomic E-state index is 5.26. The Kier molecular flexibility index (Phi) is 7.71. The quantitative estimate of drug-likeness (QED) is 0.173. The fraction of sp³-hybridized carbons (Fsp3) is 0. The Morgan fingerprint density at radius 2 is 0.887 bits per heavy atom. The Bertz CT molecular complexity index is 2880. The van der Waals surface area contributed by atoms with Crippen molar-refractivity contribution in [2.45, 2.75) is 0 Å². The second kappa shape index (κ2) is 13.1. The lowest BCUT2D eigenvalue weighted by Crippen LogP contribution is -1.96. The van der Waals surface area contributed by atoms with Crippen LogP contribution in [0.5, 0.6) is 0 Å². The monoisotopic (exact) mass is 692 g/mol. The SMILES string of the molecule is c1ccc(-c2cc(-c3cc(-c4ccc5c(c4)sc4ccccc45)cc(-c4ccccc4-c4cccc5ccccc45)c3)nc(-c3ccccc3)n2)cc1. The summed E-state index contributed by atoms with van der Waals surface area (Å²) in [6.07, 6.45) is 0. The fourth-order valence-electron chi connectivity index (χ4n) is 7.50. The third-order valence-corrected chi connectivity index (χ3v) is 11.2. The van der Waals surface area contributed by atoms with E-state index < -0.39 is 0 Å². The van der Waals surface area contributed by atoms with Crippen LogP contribution in [0.3, 0.4) is 0 Å². The number of fused-ring (bicyclic) bond motifs is 4. The van der Waals surface area contributed by atoms with Crippen LogP contribution in [0, 0.1) is 0 Å². The highest BCUT2D eigenvalue weighted by Gasteiger charge is 2.17. The number of nitrogens with zero attached hydrogens (tertiary/aromatic N) is 2. The van der Waals surface area contributed by atoms with E-state index in [2.05, 4.69) is 170 Å². The van der Waals surface area contributed by atoms with Gasteiger partial charge in [0.15, 0.2) is 5.82 Å². The highest BCUT2D eigenvalue weighted by molar-refractivity contribution is 7.25. The number of hydrogen-bond donors (Lipinski definition) is 0. The molecular weight excluding hydrogens is 661 g/mol. The van der Waals surface area contributed by atoms with Gasteiger partial charge in [0, 0.05) is 36.9 Å². The van der Waals surface area contributed by atoms with E-state index in [0.29, 0.717) is 5.82 Å². The van der Waals surface area contributed by atoms with Crippen molar-refractivity contribution in [3.8, 4) is 67.3 Å². The highest BCUT2D eigenvalue weighted by atomic mass is 32.1. The van der Waals surface area contributed by atoms with E-state index in [1.54, 1.807) is 0 Å². The van der Waals surface area contributed by atoms with E-state index >= 15 is 0 Å². The number of hydrogen-bond acceptors (Lipinski definition) is 3. The molecule has 0 unspecified atom stereocenters. The van der Waals surface area contributed by atoms with Crippen molar-refractivity contribution in [3.05, 3.63) is 194 Å². The molecule has 0 radical (unpaired) electrons. The Labute approximate surface area is 312 Å². The molecule has 0 spiro atoms. The number of thiophene rings is 1. The zero-order valence-corrected chi connectivity index (χ0v) is 29.6. The Morgan fingerprint density at radius 1 is 0.302 bits per heavy atom. The molecule has 0 aliphatic heterocycles. The van der Waals surface area contributed by atoms with E-state index in [1.165, 1.54) is 53.2 Å². The number of rotatable bonds is 6. The van der Waals surface area contributed by atoms with Gasteiger partial charge in [-0.1, -0.05) is 158 Å². The van der Waals surface area contributed by atoms with E-state index in [4.69, 9.17) is 9.97 Å². The lowest BCUT2D eigenvalue weighted by molar-refractivity contribution is 1.18. The van der Waals surface area contributed by atoms with Crippen LogP contribution in [-0.2, 0) is 0 Å². The van der Waals surface area contributed by atoms with Crippen LogP contribution in [0.1, 0.15) is 0 Å². The molecule has 0 saturated carbocycles. The molecule has 2 heterocycles. The van der Waals surface area contributed by atoms with Crippen LogP contribution in [0.15, 0.2) is 194 Å². The molecule has 3 heteroatoms. The second-order valence-electron chi connectivity index (χ2n) is 13.4. The molecule has 0 fully saturated rings. The molecule has 0 bridgehead atoms. The van der Waals surface area contributed by atoms with Crippen LogP contribution in [0.2, 0.25) is 0 Å². The van der Waals surface area contributed by atoms with Crippen LogP contribution in [-0.4, -0.2) is 9.97 Å². The molecule has 0 N–H and O–H groups in total. The summed E-state index contributed by atoms with van der Waals surface area (Å²) in [4.78, 5) is 10.3. The molecule has 53 heavy (non-hydrogen) atoms. The summed E-state index contributed by atoms with van der Waals surface area (Å²) in [5.74, 6) is 0.705. The van der Waals surface area contributed by atoms with Crippen molar-refractivity contribution in [2.24, 2.45) is 0 Å². The van der Waals surface area contributed by atoms with E-state index in [1.807, 2.05) is 35.6 Å². The molecule has 0 amide bonds. The van der Waals surface area contributed by atoms with Gasteiger partial charge in [0.2, 0.25) is 0 Å². The summed E-state index contributed by atoms with van der Waals surface area (Å²) in [7, 11) is 0. The zero-order valence-electron chi connectivity index (χ0n) is 28.8. The maximum Gasteiger partial charge on any atom is 0.160 e. The summed E-state index contributed by atoms with van der Waals surface area (Å²) in [6.45, 7) is 0. The molecule has 2 nitrogen and oxygen atoms in total. The van der Waals surface area contributed by atoms with Gasteiger partial charge in [-0.3, -0.25) is 0 Å². The largest absolute Gasteiger partial charge is 0.228 e. The zero-order chi connectivity index (χ0) is 35.1. The van der Waals surface area contributed by atoms with Crippen molar-refractivity contribution in [3.63, 3.8) is 0 Å². The van der Waals surface area contributed by atoms with Crippen molar-refractivity contribution in [2.75, 3.05) is 0 Å². The fourth-order valence-corrected chi connectivity index (χ4v) is 8.65. The van der Waals surface area contributed by atoms with Crippen molar-refractivity contribution < 1.29 is 0 Å². The molecule has 2 aromatic heterocycles. The Hall–Kier alpha value is -6.68. The van der Waals surface area contributed by atoms with Gasteiger partial charge in [-0.2, -0.15) is 0 Å². The molecule has 0 saturated heterocycles. The van der Waals surface area contributed by atoms with Gasteiger partial charge in [-0.05, 0) is 80.6 Å². The minimum atomic E-state index is 0.705.